The van der Waals surface area contributed by atoms with Crippen LogP contribution in [0.15, 0.2) is 60.8 Å². The molecule has 6 unspecified atom stereocenters. The number of esters is 1. The Balaban J connectivity index is 2.33. The van der Waals surface area contributed by atoms with E-state index in [0.717, 1.165) is 77.0 Å². The van der Waals surface area contributed by atoms with Gasteiger partial charge in [-0.25, -0.2) is 4.57 Å². The van der Waals surface area contributed by atoms with Gasteiger partial charge in [0.25, 0.3) is 0 Å². The lowest BCUT2D eigenvalue weighted by atomic mass is 9.85. The fourth-order valence-electron chi connectivity index (χ4n) is 8.11. The van der Waals surface area contributed by atoms with Gasteiger partial charge in [-0.2, -0.15) is 0 Å². The van der Waals surface area contributed by atoms with Crippen LogP contribution < -0.4 is 0 Å². The summed E-state index contributed by atoms with van der Waals surface area (Å²) >= 11 is 0. The van der Waals surface area contributed by atoms with E-state index >= 15 is 0 Å². The number of unbranched alkanes of at least 4 members (excludes halogenated alkanes) is 24. The Bertz CT molecular complexity index is 1350. The summed E-state index contributed by atoms with van der Waals surface area (Å²) in [5.41, 5.74) is 0. The van der Waals surface area contributed by atoms with Crippen LogP contribution in [-0.4, -0.2) is 98.9 Å². The van der Waals surface area contributed by atoms with Gasteiger partial charge < -0.3 is 39.9 Å². The van der Waals surface area contributed by atoms with Crippen molar-refractivity contribution in [3.05, 3.63) is 60.8 Å². The first-order valence-electron chi connectivity index (χ1n) is 27.1. The van der Waals surface area contributed by atoms with Crippen LogP contribution in [0.2, 0.25) is 0 Å². The minimum atomic E-state index is -5.03. The molecule has 0 aromatic heterocycles. The van der Waals surface area contributed by atoms with Gasteiger partial charge in [0.2, 0.25) is 0 Å². The van der Waals surface area contributed by atoms with E-state index < -0.39 is 63.1 Å². The minimum Gasteiger partial charge on any atom is -0.457 e. The highest BCUT2D eigenvalue weighted by Gasteiger charge is 2.51. The van der Waals surface area contributed by atoms with Gasteiger partial charge in [0.1, 0.15) is 42.7 Å². The lowest BCUT2D eigenvalue weighted by Gasteiger charge is -2.41. The Morgan fingerprint density at radius 3 is 1.34 bits per heavy atom. The maximum absolute atomic E-state index is 12.9. The average molecular weight is 983 g/mol. The van der Waals surface area contributed by atoms with Gasteiger partial charge in [0.15, 0.2) is 0 Å². The Labute approximate surface area is 413 Å². The van der Waals surface area contributed by atoms with E-state index in [2.05, 4.69) is 74.6 Å². The fraction of sp³-hybridized carbons (Fsp3) is 0.800. The molecule has 0 amide bonds. The fourth-order valence-corrected chi connectivity index (χ4v) is 9.08. The number of carbonyl (C=O) groups excluding carboxylic acids is 1. The lowest BCUT2D eigenvalue weighted by molar-refractivity contribution is -0.220. The van der Waals surface area contributed by atoms with Crippen LogP contribution in [0.4, 0.5) is 0 Å². The van der Waals surface area contributed by atoms with Gasteiger partial charge in [-0.1, -0.05) is 197 Å². The minimum absolute atomic E-state index is 0.0864. The van der Waals surface area contributed by atoms with Crippen LogP contribution in [0.3, 0.4) is 0 Å². The third kappa shape index (κ3) is 36.0. The topological polar surface area (TPSA) is 192 Å². The highest BCUT2D eigenvalue weighted by atomic mass is 31.2. The van der Waals surface area contributed by atoms with E-state index in [1.54, 1.807) is 0 Å². The largest absolute Gasteiger partial charge is 0.472 e. The molecule has 0 aliphatic heterocycles. The van der Waals surface area contributed by atoms with Gasteiger partial charge in [-0.3, -0.25) is 13.8 Å². The zero-order valence-corrected chi connectivity index (χ0v) is 43.5. The molecule has 396 valence electrons. The monoisotopic (exact) mass is 983 g/mol. The Morgan fingerprint density at radius 1 is 0.485 bits per heavy atom. The van der Waals surface area contributed by atoms with Crippen LogP contribution in [0.25, 0.3) is 0 Å². The van der Waals surface area contributed by atoms with Crippen LogP contribution >= 0.6 is 7.82 Å². The van der Waals surface area contributed by atoms with Gasteiger partial charge in [0, 0.05) is 13.0 Å². The predicted molar refractivity (Wildman–Crippen MR) is 276 cm³/mol. The number of phosphoric ester groups is 1. The number of hydrogen-bond acceptors (Lipinski definition) is 11. The molecule has 0 heterocycles. The molecule has 0 radical (unpaired) electrons. The second kappa shape index (κ2) is 44.9. The van der Waals surface area contributed by atoms with Crippen LogP contribution in [0.5, 0.6) is 0 Å². The summed E-state index contributed by atoms with van der Waals surface area (Å²) in [7, 11) is -5.03. The van der Waals surface area contributed by atoms with E-state index in [-0.39, 0.29) is 13.0 Å². The highest BCUT2D eigenvalue weighted by Crippen LogP contribution is 2.47. The quantitative estimate of drug-likeness (QED) is 0.0147. The molecule has 0 spiro atoms. The highest BCUT2D eigenvalue weighted by molar-refractivity contribution is 7.47. The summed E-state index contributed by atoms with van der Waals surface area (Å²) < 4.78 is 34.3. The Kier molecular flexibility index (Phi) is 42.3. The number of allylic oxidation sites excluding steroid dienone is 10. The molecule has 1 aliphatic rings. The third-order valence-corrected chi connectivity index (χ3v) is 13.4. The first kappa shape index (κ1) is 64.1. The zero-order valence-electron chi connectivity index (χ0n) is 42.6. The normalized spacial score (nSPS) is 21.6. The van der Waals surface area contributed by atoms with Crippen molar-refractivity contribution < 1.29 is 58.3 Å². The van der Waals surface area contributed by atoms with Crippen LogP contribution in [-0.2, 0) is 27.9 Å². The molecular weight excluding hydrogens is 884 g/mol. The standard InChI is InChI=1S/C55H99O12P/c1-3-5-7-9-11-13-15-17-19-21-23-25-26-28-30-32-34-36-38-40-42-44-49(56)66-48(47-65-68(62,63)67-55-53(60)51(58)50(57)52(59)54(55)61)46-64-45-43-41-39-37-35-33-31-29-27-24-22-20-18-16-14-12-10-8-6-4-2/h6,8,12,14,18,20-21,23-24,27,48,50-55,57-61H,3-5,7,9-11,13,15-17,19,22,25-26,28-47H2,1-2H3,(H,62,63)/b8-6-,14-12-,20-18-,23-21-,27-24-. The molecule has 0 saturated heterocycles. The molecule has 0 aromatic carbocycles. The smallest absolute Gasteiger partial charge is 0.457 e. The number of phosphoric acid groups is 1. The molecule has 6 N–H and O–H groups in total. The van der Waals surface area contributed by atoms with Gasteiger partial charge in [-0.15, -0.1) is 0 Å². The number of rotatable bonds is 46. The first-order chi connectivity index (χ1) is 33.0. The zero-order chi connectivity index (χ0) is 49.8. The molecule has 1 aliphatic carbocycles. The summed E-state index contributed by atoms with van der Waals surface area (Å²) in [4.78, 5) is 23.3. The van der Waals surface area contributed by atoms with Crippen molar-refractivity contribution in [3.8, 4) is 0 Å². The van der Waals surface area contributed by atoms with E-state index in [4.69, 9.17) is 18.5 Å². The molecule has 68 heavy (non-hydrogen) atoms. The SMILES string of the molecule is CC/C=C\C/C=C\C/C=C\C/C=C\CCCCCCCCCOCC(COP(=O)(O)OC1C(O)C(O)C(O)C(O)C1O)OC(=O)CCCCCCCCCCC/C=C\CCCCCCCCCC. The number of ether oxygens (including phenoxy) is 2. The van der Waals surface area contributed by atoms with Gasteiger partial charge in [0.05, 0.1) is 13.2 Å². The van der Waals surface area contributed by atoms with Crippen molar-refractivity contribution in [2.24, 2.45) is 0 Å². The number of hydrogen-bond donors (Lipinski definition) is 6. The molecule has 6 atom stereocenters. The van der Waals surface area contributed by atoms with E-state index in [1.165, 1.54) is 116 Å². The van der Waals surface area contributed by atoms with Crippen molar-refractivity contribution in [2.45, 2.75) is 262 Å². The van der Waals surface area contributed by atoms with Crippen molar-refractivity contribution in [1.29, 1.82) is 0 Å². The molecule has 12 nitrogen and oxygen atoms in total. The summed E-state index contributed by atoms with van der Waals surface area (Å²) in [5, 5.41) is 50.4. The third-order valence-electron chi connectivity index (χ3n) is 12.4. The summed E-state index contributed by atoms with van der Waals surface area (Å²) in [6, 6.07) is 0. The van der Waals surface area contributed by atoms with Gasteiger partial charge in [-0.05, 0) is 77.0 Å². The van der Waals surface area contributed by atoms with E-state index in [9.17, 15) is 39.8 Å². The van der Waals surface area contributed by atoms with Crippen molar-refractivity contribution in [1.82, 2.24) is 0 Å². The first-order valence-corrected chi connectivity index (χ1v) is 28.6. The lowest BCUT2D eigenvalue weighted by Crippen LogP contribution is -2.64. The maximum atomic E-state index is 12.9. The predicted octanol–water partition coefficient (Wildman–Crippen LogP) is 12.5. The molecule has 1 saturated carbocycles. The number of aliphatic hydroxyl groups excluding tert-OH is 5. The van der Waals surface area contributed by atoms with Crippen molar-refractivity contribution >= 4 is 13.8 Å². The molecule has 1 fully saturated rings. The number of aliphatic hydroxyl groups is 5. The Morgan fingerprint density at radius 2 is 0.868 bits per heavy atom. The molecule has 0 bridgehead atoms. The maximum Gasteiger partial charge on any atom is 0.472 e. The number of carbonyl (C=O) groups is 1. The summed E-state index contributed by atoms with van der Waals surface area (Å²) in [5.74, 6) is -0.483. The molecule has 13 heteroatoms. The molecule has 0 aromatic rings. The van der Waals surface area contributed by atoms with Crippen molar-refractivity contribution in [3.63, 3.8) is 0 Å². The summed E-state index contributed by atoms with van der Waals surface area (Å²) in [6.45, 7) is 4.14. The summed E-state index contributed by atoms with van der Waals surface area (Å²) in [6.07, 6.45) is 45.7. The van der Waals surface area contributed by atoms with Crippen LogP contribution in [0, 0.1) is 0 Å². The van der Waals surface area contributed by atoms with E-state index in [0.29, 0.717) is 13.0 Å². The second-order valence-electron chi connectivity index (χ2n) is 18.7. The Hall–Kier alpha value is -1.96. The van der Waals surface area contributed by atoms with E-state index in [1.807, 2.05) is 0 Å². The molecular formula is C55H99O12P. The molecule has 1 rings (SSSR count). The van der Waals surface area contributed by atoms with Crippen molar-refractivity contribution in [2.75, 3.05) is 19.8 Å². The van der Waals surface area contributed by atoms with Crippen LogP contribution in [0.1, 0.15) is 219 Å². The second-order valence-corrected chi connectivity index (χ2v) is 20.1. The average Bonchev–Trinajstić information content (AvgIpc) is 3.32. The van der Waals surface area contributed by atoms with Gasteiger partial charge >= 0.3 is 13.8 Å².